The third kappa shape index (κ3) is 4.84. The van der Waals surface area contributed by atoms with Gasteiger partial charge in [0.25, 0.3) is 0 Å². The van der Waals surface area contributed by atoms with Crippen LogP contribution in [0, 0.1) is 5.92 Å². The summed E-state index contributed by atoms with van der Waals surface area (Å²) in [4.78, 5) is 0. The fraction of sp³-hybridized carbons (Fsp3) is 1.00. The molecule has 2 nitrogen and oxygen atoms in total. The molecule has 2 unspecified atom stereocenters. The summed E-state index contributed by atoms with van der Waals surface area (Å²) in [6.45, 7) is 4.72. The van der Waals surface area contributed by atoms with Gasteiger partial charge < -0.3 is 10.4 Å². The van der Waals surface area contributed by atoms with Crippen LogP contribution in [0.3, 0.4) is 0 Å². The molecule has 2 N–H and O–H groups in total. The Morgan fingerprint density at radius 2 is 1.69 bits per heavy atom. The summed E-state index contributed by atoms with van der Waals surface area (Å²) in [5, 5.41) is 13.1. The molecular formula is C14H29NO. The van der Waals surface area contributed by atoms with E-state index in [-0.39, 0.29) is 6.61 Å². The van der Waals surface area contributed by atoms with Crippen molar-refractivity contribution >= 4 is 0 Å². The lowest BCUT2D eigenvalue weighted by atomic mass is 9.93. The number of hydrogen-bond donors (Lipinski definition) is 2. The molecule has 16 heavy (non-hydrogen) atoms. The second-order valence-electron chi connectivity index (χ2n) is 5.38. The van der Waals surface area contributed by atoms with Gasteiger partial charge in [-0.2, -0.15) is 0 Å². The second kappa shape index (κ2) is 8.08. The van der Waals surface area contributed by atoms with Gasteiger partial charge in [-0.15, -0.1) is 0 Å². The Kier molecular flexibility index (Phi) is 7.06. The van der Waals surface area contributed by atoms with Crippen LogP contribution in [-0.2, 0) is 0 Å². The fourth-order valence-corrected chi connectivity index (χ4v) is 2.61. The fourth-order valence-electron chi connectivity index (χ4n) is 2.61. The molecule has 1 rings (SSSR count). The molecule has 0 aliphatic heterocycles. The van der Waals surface area contributed by atoms with Gasteiger partial charge in [-0.1, -0.05) is 52.4 Å². The van der Waals surface area contributed by atoms with Gasteiger partial charge in [0.15, 0.2) is 0 Å². The summed E-state index contributed by atoms with van der Waals surface area (Å²) in [7, 11) is 0. The first-order chi connectivity index (χ1) is 7.77. The third-order valence-electron chi connectivity index (χ3n) is 4.08. The van der Waals surface area contributed by atoms with Crippen LogP contribution in [0.2, 0.25) is 0 Å². The van der Waals surface area contributed by atoms with Crippen molar-refractivity contribution in [1.82, 2.24) is 5.32 Å². The summed E-state index contributed by atoms with van der Waals surface area (Å²) >= 11 is 0. The molecule has 1 aliphatic carbocycles. The second-order valence-corrected chi connectivity index (χ2v) is 5.38. The lowest BCUT2D eigenvalue weighted by molar-refractivity contribution is 0.182. The molecule has 0 spiro atoms. The van der Waals surface area contributed by atoms with Crippen LogP contribution in [0.25, 0.3) is 0 Å². The molecule has 2 atom stereocenters. The largest absolute Gasteiger partial charge is 0.395 e. The van der Waals surface area contributed by atoms with E-state index in [4.69, 9.17) is 0 Å². The summed E-state index contributed by atoms with van der Waals surface area (Å²) in [5.74, 6) is 0.579. The van der Waals surface area contributed by atoms with E-state index >= 15 is 0 Å². The van der Waals surface area contributed by atoms with Gasteiger partial charge in [-0.3, -0.25) is 0 Å². The maximum absolute atomic E-state index is 9.42. The average molecular weight is 227 g/mol. The molecule has 0 aromatic carbocycles. The number of aliphatic hydroxyl groups excluding tert-OH is 1. The molecule has 0 aromatic rings. The predicted molar refractivity (Wildman–Crippen MR) is 69.6 cm³/mol. The zero-order valence-electron chi connectivity index (χ0n) is 11.0. The summed E-state index contributed by atoms with van der Waals surface area (Å²) in [6.07, 6.45) is 10.7. The minimum Gasteiger partial charge on any atom is -0.395 e. The molecule has 0 amide bonds. The van der Waals surface area contributed by atoms with Crippen LogP contribution in [-0.4, -0.2) is 23.8 Å². The van der Waals surface area contributed by atoms with E-state index in [9.17, 15) is 5.11 Å². The first kappa shape index (κ1) is 14.0. The Balaban J connectivity index is 2.36. The molecule has 0 saturated heterocycles. The van der Waals surface area contributed by atoms with Gasteiger partial charge in [-0.25, -0.2) is 0 Å². The molecule has 0 radical (unpaired) electrons. The topological polar surface area (TPSA) is 32.3 Å². The van der Waals surface area contributed by atoms with E-state index in [1.165, 1.54) is 44.9 Å². The Morgan fingerprint density at radius 1 is 1.12 bits per heavy atom. The van der Waals surface area contributed by atoms with Crippen molar-refractivity contribution in [2.24, 2.45) is 5.92 Å². The number of rotatable bonds is 5. The molecule has 1 saturated carbocycles. The van der Waals surface area contributed by atoms with E-state index in [2.05, 4.69) is 19.2 Å². The highest BCUT2D eigenvalue weighted by atomic mass is 16.3. The lowest BCUT2D eigenvalue weighted by Gasteiger charge is -2.29. The number of hydrogen-bond acceptors (Lipinski definition) is 2. The molecule has 1 aliphatic rings. The standard InChI is InChI=1S/C14H29NO/c1-3-12(2)14(11-16)15-13-9-7-5-4-6-8-10-13/h12-16H,3-11H2,1-2H3. The van der Waals surface area contributed by atoms with Gasteiger partial charge >= 0.3 is 0 Å². The van der Waals surface area contributed by atoms with Gasteiger partial charge in [0.05, 0.1) is 6.61 Å². The molecule has 0 bridgehead atoms. The SMILES string of the molecule is CCC(C)C(CO)NC1CCCCCCC1. The number of aliphatic hydroxyl groups is 1. The summed E-state index contributed by atoms with van der Waals surface area (Å²) in [6, 6.07) is 0.945. The molecule has 96 valence electrons. The van der Waals surface area contributed by atoms with E-state index in [0.717, 1.165) is 6.42 Å². The van der Waals surface area contributed by atoms with Crippen molar-refractivity contribution in [3.63, 3.8) is 0 Å². The Bertz CT molecular complexity index is 164. The highest BCUT2D eigenvalue weighted by molar-refractivity contribution is 4.78. The van der Waals surface area contributed by atoms with Crippen LogP contribution in [0.1, 0.15) is 65.2 Å². The van der Waals surface area contributed by atoms with Gasteiger partial charge in [0.1, 0.15) is 0 Å². The minimum atomic E-state index is 0.283. The highest BCUT2D eigenvalue weighted by Gasteiger charge is 2.19. The predicted octanol–water partition coefficient (Wildman–Crippen LogP) is 3.10. The van der Waals surface area contributed by atoms with Crippen molar-refractivity contribution in [1.29, 1.82) is 0 Å². The minimum absolute atomic E-state index is 0.283. The molecule has 1 fully saturated rings. The van der Waals surface area contributed by atoms with Crippen LogP contribution < -0.4 is 5.32 Å². The van der Waals surface area contributed by atoms with Crippen molar-refractivity contribution in [2.45, 2.75) is 77.3 Å². The summed E-state index contributed by atoms with van der Waals surface area (Å²) in [5.41, 5.74) is 0. The van der Waals surface area contributed by atoms with E-state index in [1.54, 1.807) is 0 Å². The van der Waals surface area contributed by atoms with Gasteiger partial charge in [0.2, 0.25) is 0 Å². The van der Waals surface area contributed by atoms with Crippen molar-refractivity contribution < 1.29 is 5.11 Å². The van der Waals surface area contributed by atoms with Crippen LogP contribution >= 0.6 is 0 Å². The van der Waals surface area contributed by atoms with Crippen LogP contribution in [0.5, 0.6) is 0 Å². The molecule has 0 aromatic heterocycles. The molecule has 0 heterocycles. The van der Waals surface area contributed by atoms with Crippen molar-refractivity contribution in [2.75, 3.05) is 6.61 Å². The summed E-state index contributed by atoms with van der Waals surface area (Å²) < 4.78 is 0. The third-order valence-corrected chi connectivity index (χ3v) is 4.08. The van der Waals surface area contributed by atoms with Crippen molar-refractivity contribution in [3.05, 3.63) is 0 Å². The normalized spacial score (nSPS) is 23.4. The maximum Gasteiger partial charge on any atom is 0.0587 e. The molecular weight excluding hydrogens is 198 g/mol. The first-order valence-electron chi connectivity index (χ1n) is 7.14. The first-order valence-corrected chi connectivity index (χ1v) is 7.14. The zero-order valence-corrected chi connectivity index (χ0v) is 11.0. The van der Waals surface area contributed by atoms with E-state index in [1.807, 2.05) is 0 Å². The van der Waals surface area contributed by atoms with Gasteiger partial charge in [0, 0.05) is 12.1 Å². The Labute approximate surface area is 101 Å². The van der Waals surface area contributed by atoms with Crippen molar-refractivity contribution in [3.8, 4) is 0 Å². The zero-order chi connectivity index (χ0) is 11.8. The maximum atomic E-state index is 9.42. The average Bonchev–Trinajstić information content (AvgIpc) is 2.27. The smallest absolute Gasteiger partial charge is 0.0587 e. The van der Waals surface area contributed by atoms with Crippen LogP contribution in [0.15, 0.2) is 0 Å². The monoisotopic (exact) mass is 227 g/mol. The Morgan fingerprint density at radius 3 is 2.19 bits per heavy atom. The number of nitrogens with one attached hydrogen (secondary N) is 1. The highest BCUT2D eigenvalue weighted by Crippen LogP contribution is 2.19. The van der Waals surface area contributed by atoms with Gasteiger partial charge in [-0.05, 0) is 18.8 Å². The van der Waals surface area contributed by atoms with Crippen LogP contribution in [0.4, 0.5) is 0 Å². The lowest BCUT2D eigenvalue weighted by Crippen LogP contribution is -2.44. The van der Waals surface area contributed by atoms with E-state index in [0.29, 0.717) is 18.0 Å². The quantitative estimate of drug-likeness (QED) is 0.756. The van der Waals surface area contributed by atoms with E-state index < -0.39 is 0 Å². The molecule has 2 heteroatoms. The Hall–Kier alpha value is -0.0800.